The third-order valence-corrected chi connectivity index (χ3v) is 10.2. The Morgan fingerprint density at radius 1 is 1.10 bits per heavy atom. The van der Waals surface area contributed by atoms with Gasteiger partial charge in [-0.2, -0.15) is 0 Å². The number of aliphatic hydroxyl groups is 1. The van der Waals surface area contributed by atoms with Gasteiger partial charge in [0.05, 0.1) is 23.3 Å². The number of aliphatic hydroxyl groups excluding tert-OH is 1. The highest BCUT2D eigenvalue weighted by Gasteiger charge is 2.55. The van der Waals surface area contributed by atoms with Crippen LogP contribution in [-0.2, 0) is 28.5 Å². The van der Waals surface area contributed by atoms with Crippen LogP contribution in [0, 0.1) is 17.3 Å². The molecule has 5 aliphatic heterocycles. The van der Waals surface area contributed by atoms with E-state index >= 15 is 0 Å². The van der Waals surface area contributed by atoms with Gasteiger partial charge in [0.1, 0.15) is 18.1 Å². The van der Waals surface area contributed by atoms with Gasteiger partial charge in [-0.3, -0.25) is 14.5 Å². The van der Waals surface area contributed by atoms with Gasteiger partial charge in [-0.05, 0) is 93.0 Å². The zero-order valence-corrected chi connectivity index (χ0v) is 25.9. The fourth-order valence-electron chi connectivity index (χ4n) is 7.61. The first-order valence-corrected chi connectivity index (χ1v) is 15.2. The van der Waals surface area contributed by atoms with Gasteiger partial charge in [0.15, 0.2) is 12.1 Å². The molecule has 5 saturated heterocycles. The topological polar surface area (TPSA) is 110 Å². The number of carbonyl (C=O) groups excluding carboxylic acids is 2. The number of fused-ring (bicyclic) bond motifs is 9. The summed E-state index contributed by atoms with van der Waals surface area (Å²) in [5, 5.41) is 14.7. The zero-order chi connectivity index (χ0) is 29.5. The number of carbonyl (C=O) groups is 2. The summed E-state index contributed by atoms with van der Waals surface area (Å²) in [5.41, 5.74) is -2.48. The molecule has 1 spiro atoms. The van der Waals surface area contributed by atoms with E-state index in [1.807, 2.05) is 39.8 Å². The van der Waals surface area contributed by atoms with Gasteiger partial charge in [0.2, 0.25) is 0 Å². The molecule has 2 bridgehead atoms. The van der Waals surface area contributed by atoms with Crippen molar-refractivity contribution in [3.63, 3.8) is 0 Å². The quantitative estimate of drug-likeness (QED) is 0.387. The van der Waals surface area contributed by atoms with E-state index in [4.69, 9.17) is 18.9 Å². The second-order valence-electron chi connectivity index (χ2n) is 13.8. The molecule has 0 unspecified atom stereocenters. The van der Waals surface area contributed by atoms with Crippen LogP contribution < -0.4 is 5.32 Å². The summed E-state index contributed by atoms with van der Waals surface area (Å²) in [7, 11) is 5.98. The lowest BCUT2D eigenvalue weighted by atomic mass is 9.71. The van der Waals surface area contributed by atoms with Crippen molar-refractivity contribution in [2.24, 2.45) is 17.3 Å². The minimum atomic E-state index is -1.36. The summed E-state index contributed by atoms with van der Waals surface area (Å²) in [5.74, 6) is -1.20. The third-order valence-electron chi connectivity index (χ3n) is 10.2. The number of ether oxygens (including phenoxy) is 4. The van der Waals surface area contributed by atoms with Crippen LogP contribution >= 0.6 is 0 Å². The van der Waals surface area contributed by atoms with Gasteiger partial charge in [0.25, 0.3) is 0 Å². The maximum atomic E-state index is 14.2. The maximum absolute atomic E-state index is 14.2. The third kappa shape index (κ3) is 6.14. The first-order valence-electron chi connectivity index (χ1n) is 15.2. The van der Waals surface area contributed by atoms with E-state index in [2.05, 4.69) is 24.2 Å². The molecule has 0 radical (unpaired) electrons. The first kappa shape index (κ1) is 31.8. The molecule has 2 N–H and O–H groups in total. The van der Waals surface area contributed by atoms with Crippen LogP contribution in [0.15, 0.2) is 0 Å². The van der Waals surface area contributed by atoms with Gasteiger partial charge in [-0.1, -0.05) is 13.8 Å². The summed E-state index contributed by atoms with van der Waals surface area (Å²) in [6, 6.07) is -0.149. The largest absolute Gasteiger partial charge is 0.463 e. The van der Waals surface area contributed by atoms with E-state index < -0.39 is 41.4 Å². The number of ketones is 1. The zero-order valence-electron chi connectivity index (χ0n) is 25.9. The van der Waals surface area contributed by atoms with Crippen molar-refractivity contribution in [3.8, 4) is 0 Å². The van der Waals surface area contributed by atoms with Crippen molar-refractivity contribution < 1.29 is 33.6 Å². The highest BCUT2D eigenvalue weighted by molar-refractivity contribution is 6.04. The predicted octanol–water partition coefficient (Wildman–Crippen LogP) is 1.83. The molecule has 5 fully saturated rings. The summed E-state index contributed by atoms with van der Waals surface area (Å²) >= 11 is 0. The minimum absolute atomic E-state index is 0.129. The highest BCUT2D eigenvalue weighted by Crippen LogP contribution is 2.42. The average Bonchev–Trinajstić information content (AvgIpc) is 2.90. The molecule has 10 heteroatoms. The molecule has 0 aromatic carbocycles. The molecule has 230 valence electrons. The van der Waals surface area contributed by atoms with Crippen LogP contribution in [0.5, 0.6) is 0 Å². The lowest BCUT2D eigenvalue weighted by Crippen LogP contribution is -2.61. The number of likely N-dealkylation sites (N-methyl/N-ethyl adjacent to an activating group) is 2. The monoisotopic (exact) mass is 567 g/mol. The predicted molar refractivity (Wildman–Crippen MR) is 151 cm³/mol. The maximum Gasteiger partial charge on any atom is 0.319 e. The van der Waals surface area contributed by atoms with Crippen LogP contribution in [0.25, 0.3) is 0 Å². The van der Waals surface area contributed by atoms with Gasteiger partial charge >= 0.3 is 5.97 Å². The van der Waals surface area contributed by atoms with E-state index in [1.54, 1.807) is 6.92 Å². The van der Waals surface area contributed by atoms with E-state index in [0.29, 0.717) is 12.8 Å². The van der Waals surface area contributed by atoms with Crippen molar-refractivity contribution >= 4 is 11.8 Å². The molecular weight excluding hydrogens is 514 g/mol. The smallest absolute Gasteiger partial charge is 0.319 e. The van der Waals surface area contributed by atoms with Gasteiger partial charge in [-0.15, -0.1) is 0 Å². The molecule has 0 aromatic heterocycles. The Balaban J connectivity index is 1.72. The Labute approximate surface area is 240 Å². The molecule has 0 aromatic rings. The second kappa shape index (κ2) is 12.2. The molecule has 5 aliphatic rings. The Bertz CT molecular complexity index is 912. The highest BCUT2D eigenvalue weighted by atomic mass is 16.7. The SMILES string of the molecule is C[C@H]1CN(C)C2(CCNCC2)COC(=O)[C@]2(C)CCO[C@](C)(C1)[C@H](O[C@@H]1O[C@H](C)C[C@H](N(C)C)[C@H]1O)[C@@H](C)C2=O. The molecule has 0 amide bonds. The van der Waals surface area contributed by atoms with Crippen LogP contribution in [0.2, 0.25) is 0 Å². The first-order chi connectivity index (χ1) is 18.7. The number of nitrogens with one attached hydrogen (secondary N) is 1. The Kier molecular flexibility index (Phi) is 9.72. The standard InChI is InChI=1S/C30H53N3O7/c1-19-16-29(5)25(40-26-23(34)22(32(6)7)15-20(2)39-26)21(3)24(35)28(4,11-14-38-29)27(36)37-18-30(33(8)17-19)9-12-31-13-10-30/h19-23,25-26,31,34H,9-18H2,1-8H3/t19-,20-,21+,22+,23-,25-,26+,28-,29-/m1/s1. The van der Waals surface area contributed by atoms with Crippen LogP contribution in [0.3, 0.4) is 0 Å². The van der Waals surface area contributed by atoms with Crippen molar-refractivity contribution in [3.05, 3.63) is 0 Å². The molecule has 9 atom stereocenters. The fourth-order valence-corrected chi connectivity index (χ4v) is 7.61. The lowest BCUT2D eigenvalue weighted by Gasteiger charge is -2.49. The Morgan fingerprint density at radius 3 is 2.42 bits per heavy atom. The summed E-state index contributed by atoms with van der Waals surface area (Å²) in [6.45, 7) is 12.7. The van der Waals surface area contributed by atoms with E-state index in [9.17, 15) is 14.7 Å². The lowest BCUT2D eigenvalue weighted by molar-refractivity contribution is -0.299. The number of Topliss-reactive ketones (excluding diaryl/α,β-unsaturated/α-hetero) is 1. The molecular formula is C30H53N3O7. The van der Waals surface area contributed by atoms with Crippen molar-refractivity contribution in [2.45, 2.75) is 109 Å². The van der Waals surface area contributed by atoms with E-state index in [-0.39, 0.29) is 49.0 Å². The van der Waals surface area contributed by atoms with Crippen LogP contribution in [0.4, 0.5) is 0 Å². The van der Waals surface area contributed by atoms with Gasteiger partial charge < -0.3 is 34.3 Å². The molecule has 0 aliphatic carbocycles. The summed E-state index contributed by atoms with van der Waals surface area (Å²) in [6.07, 6.45) is 0.614. The van der Waals surface area contributed by atoms with Crippen LogP contribution in [-0.4, -0.2) is 122 Å². The number of hydrogen-bond donors (Lipinski definition) is 2. The molecule has 0 saturated carbocycles. The van der Waals surface area contributed by atoms with Crippen molar-refractivity contribution in [2.75, 3.05) is 54.0 Å². The number of piperidine rings is 1. The van der Waals surface area contributed by atoms with Crippen LogP contribution in [0.1, 0.15) is 66.7 Å². The minimum Gasteiger partial charge on any atom is -0.463 e. The van der Waals surface area contributed by atoms with E-state index in [1.165, 1.54) is 0 Å². The van der Waals surface area contributed by atoms with Gasteiger partial charge in [-0.25, -0.2) is 0 Å². The second-order valence-corrected chi connectivity index (χ2v) is 13.8. The summed E-state index contributed by atoms with van der Waals surface area (Å²) in [4.78, 5) is 32.3. The number of nitrogens with zero attached hydrogens (tertiary/aromatic N) is 2. The molecule has 5 rings (SSSR count). The Hall–Kier alpha value is -1.14. The normalized spacial score (nSPS) is 44.0. The molecule has 10 nitrogen and oxygen atoms in total. The average molecular weight is 568 g/mol. The van der Waals surface area contributed by atoms with E-state index in [0.717, 1.165) is 32.5 Å². The number of esters is 1. The summed E-state index contributed by atoms with van der Waals surface area (Å²) < 4.78 is 25.4. The fraction of sp³-hybridized carbons (Fsp3) is 0.933. The molecule has 5 heterocycles. The number of rotatable bonds is 3. The number of hydrogen-bond acceptors (Lipinski definition) is 10. The Morgan fingerprint density at radius 2 is 1.77 bits per heavy atom. The molecule has 40 heavy (non-hydrogen) atoms. The van der Waals surface area contributed by atoms with Crippen molar-refractivity contribution in [1.82, 2.24) is 15.1 Å². The van der Waals surface area contributed by atoms with Gasteiger partial charge in [0, 0.05) is 25.1 Å². The van der Waals surface area contributed by atoms with Crippen molar-refractivity contribution in [1.29, 1.82) is 0 Å².